The van der Waals surface area contributed by atoms with Crippen LogP contribution in [0.3, 0.4) is 0 Å². The third-order valence-electron chi connectivity index (χ3n) is 5.63. The highest BCUT2D eigenvalue weighted by Gasteiger charge is 2.27. The van der Waals surface area contributed by atoms with Gasteiger partial charge in [0.05, 0.1) is 16.8 Å². The number of hydrogen-bond donors (Lipinski definition) is 1. The molecule has 5 heteroatoms. The van der Waals surface area contributed by atoms with Crippen LogP contribution in [0.4, 0.5) is 0 Å². The van der Waals surface area contributed by atoms with E-state index < -0.39 is 12.1 Å². The van der Waals surface area contributed by atoms with Crippen LogP contribution in [0.1, 0.15) is 61.1 Å². The molecule has 0 radical (unpaired) electrons. The van der Waals surface area contributed by atoms with Gasteiger partial charge in [0.1, 0.15) is 0 Å². The lowest BCUT2D eigenvalue weighted by atomic mass is 9.86. The van der Waals surface area contributed by atoms with Crippen molar-refractivity contribution in [2.24, 2.45) is 5.92 Å². The minimum absolute atomic E-state index is 0.165. The summed E-state index contributed by atoms with van der Waals surface area (Å²) in [5.74, 6) is -0.270. The normalized spacial score (nSPS) is 20.9. The average molecular weight is 368 g/mol. The lowest BCUT2D eigenvalue weighted by Gasteiger charge is -2.30. The minimum Gasteiger partial charge on any atom is -0.449 e. The zero-order valence-corrected chi connectivity index (χ0v) is 16.5. The van der Waals surface area contributed by atoms with E-state index in [2.05, 4.69) is 17.2 Å². The maximum Gasteiger partial charge on any atom is 0.341 e. The number of carbonyl (C=O) groups is 2. The zero-order chi connectivity index (χ0) is 19.6. The monoisotopic (exact) mass is 368 g/mol. The molecule has 0 saturated heterocycles. The summed E-state index contributed by atoms with van der Waals surface area (Å²) in [6.07, 6.45) is 3.62. The summed E-state index contributed by atoms with van der Waals surface area (Å²) in [7, 11) is 0. The van der Waals surface area contributed by atoms with Crippen molar-refractivity contribution in [3.63, 3.8) is 0 Å². The molecule has 3 rings (SSSR count). The maximum atomic E-state index is 12.8. The Labute approximate surface area is 160 Å². The van der Waals surface area contributed by atoms with E-state index in [4.69, 9.17) is 4.74 Å². The lowest BCUT2D eigenvalue weighted by Crippen LogP contribution is -2.46. The van der Waals surface area contributed by atoms with Crippen LogP contribution in [0.2, 0.25) is 0 Å². The highest BCUT2D eigenvalue weighted by atomic mass is 16.5. The van der Waals surface area contributed by atoms with Gasteiger partial charge in [0.2, 0.25) is 0 Å². The van der Waals surface area contributed by atoms with E-state index in [1.165, 1.54) is 6.42 Å². The van der Waals surface area contributed by atoms with Gasteiger partial charge in [-0.15, -0.1) is 0 Å². The van der Waals surface area contributed by atoms with Crippen LogP contribution in [0.5, 0.6) is 0 Å². The number of carbonyl (C=O) groups excluding carboxylic acids is 2. The van der Waals surface area contributed by atoms with Gasteiger partial charge in [-0.2, -0.15) is 0 Å². The van der Waals surface area contributed by atoms with Crippen LogP contribution in [-0.4, -0.2) is 29.0 Å². The number of fused-ring (bicyclic) bond motifs is 1. The van der Waals surface area contributed by atoms with Crippen LogP contribution in [-0.2, 0) is 9.53 Å². The Morgan fingerprint density at radius 2 is 1.89 bits per heavy atom. The van der Waals surface area contributed by atoms with E-state index >= 15 is 0 Å². The molecule has 1 aliphatic carbocycles. The number of rotatable bonds is 4. The zero-order valence-electron chi connectivity index (χ0n) is 16.5. The Morgan fingerprint density at radius 1 is 1.19 bits per heavy atom. The van der Waals surface area contributed by atoms with Crippen molar-refractivity contribution in [1.82, 2.24) is 10.3 Å². The van der Waals surface area contributed by atoms with E-state index in [0.29, 0.717) is 17.2 Å². The van der Waals surface area contributed by atoms with E-state index in [-0.39, 0.29) is 11.9 Å². The van der Waals surface area contributed by atoms with Crippen LogP contribution in [0, 0.1) is 19.8 Å². The van der Waals surface area contributed by atoms with Crippen LogP contribution in [0.15, 0.2) is 24.3 Å². The topological polar surface area (TPSA) is 68.3 Å². The Kier molecular flexibility index (Phi) is 5.78. The quantitative estimate of drug-likeness (QED) is 0.825. The summed E-state index contributed by atoms with van der Waals surface area (Å²) in [5, 5.41) is 3.97. The number of pyridine rings is 1. The first-order valence-corrected chi connectivity index (χ1v) is 9.75. The summed E-state index contributed by atoms with van der Waals surface area (Å²) in [6, 6.07) is 7.87. The van der Waals surface area contributed by atoms with Crippen molar-refractivity contribution in [1.29, 1.82) is 0 Å². The van der Waals surface area contributed by atoms with Gasteiger partial charge in [-0.25, -0.2) is 4.79 Å². The SMILES string of the molecule is Cc1nc2ccccc2c(C)c1C(=O)O[C@@H](C)C(=O)N[C@H]1CCCC[C@@H]1C. The fourth-order valence-electron chi connectivity index (χ4n) is 3.94. The van der Waals surface area contributed by atoms with Crippen molar-refractivity contribution < 1.29 is 14.3 Å². The van der Waals surface area contributed by atoms with Gasteiger partial charge in [-0.3, -0.25) is 9.78 Å². The highest BCUT2D eigenvalue weighted by molar-refractivity contribution is 5.99. The molecule has 2 aromatic rings. The molecule has 0 spiro atoms. The molecule has 1 fully saturated rings. The second-order valence-corrected chi connectivity index (χ2v) is 7.64. The van der Waals surface area contributed by atoms with Gasteiger partial charge < -0.3 is 10.1 Å². The molecule has 1 amide bonds. The summed E-state index contributed by atoms with van der Waals surface area (Å²) in [6.45, 7) is 7.47. The van der Waals surface area contributed by atoms with E-state index in [9.17, 15) is 9.59 Å². The number of aromatic nitrogens is 1. The average Bonchev–Trinajstić information content (AvgIpc) is 2.63. The van der Waals surface area contributed by atoms with Crippen LogP contribution >= 0.6 is 0 Å². The van der Waals surface area contributed by atoms with E-state index in [1.807, 2.05) is 31.2 Å². The number of ether oxygens (including phenoxy) is 1. The van der Waals surface area contributed by atoms with Crippen molar-refractivity contribution in [3.8, 4) is 0 Å². The number of nitrogens with one attached hydrogen (secondary N) is 1. The highest BCUT2D eigenvalue weighted by Crippen LogP contribution is 2.25. The number of benzene rings is 1. The lowest BCUT2D eigenvalue weighted by molar-refractivity contribution is -0.130. The number of aryl methyl sites for hydroxylation is 2. The predicted molar refractivity (Wildman–Crippen MR) is 106 cm³/mol. The van der Waals surface area contributed by atoms with Crippen LogP contribution < -0.4 is 5.32 Å². The fraction of sp³-hybridized carbons (Fsp3) is 0.500. The molecular weight excluding hydrogens is 340 g/mol. The smallest absolute Gasteiger partial charge is 0.341 e. The van der Waals surface area contributed by atoms with Crippen LogP contribution in [0.25, 0.3) is 10.9 Å². The molecule has 0 bridgehead atoms. The Balaban J connectivity index is 1.73. The largest absolute Gasteiger partial charge is 0.449 e. The summed E-state index contributed by atoms with van der Waals surface area (Å²) >= 11 is 0. The summed E-state index contributed by atoms with van der Waals surface area (Å²) in [4.78, 5) is 29.8. The molecule has 1 saturated carbocycles. The fourth-order valence-corrected chi connectivity index (χ4v) is 3.94. The van der Waals surface area contributed by atoms with E-state index in [1.54, 1.807) is 13.8 Å². The van der Waals surface area contributed by atoms with Gasteiger partial charge in [0.25, 0.3) is 5.91 Å². The molecule has 144 valence electrons. The standard InChI is InChI=1S/C22H28N2O3/c1-13-9-5-7-11-18(13)24-21(25)16(4)27-22(26)20-14(2)17-10-6-8-12-19(17)23-15(20)3/h6,8,10,12-13,16,18H,5,7,9,11H2,1-4H3,(H,24,25)/t13-,16-,18-/m0/s1. The molecule has 1 aromatic carbocycles. The van der Waals surface area contributed by atoms with Gasteiger partial charge in [-0.05, 0) is 51.2 Å². The molecule has 3 atom stereocenters. The molecule has 5 nitrogen and oxygen atoms in total. The second-order valence-electron chi connectivity index (χ2n) is 7.64. The molecule has 27 heavy (non-hydrogen) atoms. The molecule has 1 aliphatic rings. The first kappa shape index (κ1) is 19.3. The number of nitrogens with zero attached hydrogens (tertiary/aromatic N) is 1. The Morgan fingerprint density at radius 3 is 2.63 bits per heavy atom. The molecular formula is C22H28N2O3. The van der Waals surface area contributed by atoms with Crippen molar-refractivity contribution >= 4 is 22.8 Å². The van der Waals surface area contributed by atoms with E-state index in [0.717, 1.165) is 35.7 Å². The number of esters is 1. The third kappa shape index (κ3) is 4.12. The van der Waals surface area contributed by atoms with Crippen molar-refractivity contribution in [2.75, 3.05) is 0 Å². The number of hydrogen-bond acceptors (Lipinski definition) is 4. The summed E-state index contributed by atoms with van der Waals surface area (Å²) in [5.41, 5.74) is 2.74. The Hall–Kier alpha value is -2.43. The molecule has 0 unspecified atom stereocenters. The molecule has 1 aromatic heterocycles. The van der Waals surface area contributed by atoms with Gasteiger partial charge in [-0.1, -0.05) is 38.0 Å². The molecule has 1 heterocycles. The third-order valence-corrected chi connectivity index (χ3v) is 5.63. The maximum absolute atomic E-state index is 12.8. The summed E-state index contributed by atoms with van der Waals surface area (Å²) < 4.78 is 5.49. The number of amides is 1. The molecule has 1 N–H and O–H groups in total. The van der Waals surface area contributed by atoms with Gasteiger partial charge in [0.15, 0.2) is 6.10 Å². The second kappa shape index (κ2) is 8.07. The first-order valence-electron chi connectivity index (χ1n) is 9.75. The number of para-hydroxylation sites is 1. The minimum atomic E-state index is -0.836. The van der Waals surface area contributed by atoms with Crippen molar-refractivity contribution in [2.45, 2.75) is 65.5 Å². The van der Waals surface area contributed by atoms with Crippen molar-refractivity contribution in [3.05, 3.63) is 41.1 Å². The molecule has 0 aliphatic heterocycles. The first-order chi connectivity index (χ1) is 12.9. The van der Waals surface area contributed by atoms with Gasteiger partial charge in [0, 0.05) is 11.4 Å². The van der Waals surface area contributed by atoms with Gasteiger partial charge >= 0.3 is 5.97 Å². The predicted octanol–water partition coefficient (Wildman–Crippen LogP) is 4.09. The Bertz CT molecular complexity index is 862.